The number of hydrogen-bond donors (Lipinski definition) is 2. The van der Waals surface area contributed by atoms with Crippen molar-refractivity contribution in [1.29, 1.82) is 0 Å². The van der Waals surface area contributed by atoms with E-state index in [9.17, 15) is 9.59 Å². The smallest absolute Gasteiger partial charge is 0.412 e. The number of carbonyl (C=O) groups is 2. The minimum absolute atomic E-state index is 0.0236. The molecule has 0 saturated heterocycles. The van der Waals surface area contributed by atoms with Gasteiger partial charge in [0.15, 0.2) is 0 Å². The standard InChI is InChI=1S/C28H33N3O5/c1-18-26(29-28(34)36-19(2)22-7-5-4-6-8-22)27(30-31(18)3)23-13-11-21(12-14-23)17-35-24(16-25(32)33)15-20-9-10-20/h4-8,11-14,19-20,24H,9-10,15-17H2,1-3H3,(H,29,34)(H,32,33). The summed E-state index contributed by atoms with van der Waals surface area (Å²) in [5.74, 6) is -0.240. The first-order valence-electron chi connectivity index (χ1n) is 12.3. The predicted octanol–water partition coefficient (Wildman–Crippen LogP) is 5.87. The molecule has 1 heterocycles. The average molecular weight is 492 g/mol. The van der Waals surface area contributed by atoms with Crippen LogP contribution in [-0.2, 0) is 27.9 Å². The molecular weight excluding hydrogens is 458 g/mol. The maximum absolute atomic E-state index is 12.7. The molecule has 1 saturated carbocycles. The van der Waals surface area contributed by atoms with E-state index in [2.05, 4.69) is 10.4 Å². The van der Waals surface area contributed by atoms with E-state index in [0.717, 1.165) is 41.6 Å². The van der Waals surface area contributed by atoms with Crippen LogP contribution >= 0.6 is 0 Å². The first-order chi connectivity index (χ1) is 17.3. The van der Waals surface area contributed by atoms with Crippen molar-refractivity contribution >= 4 is 17.7 Å². The molecule has 0 radical (unpaired) electrons. The molecule has 2 N–H and O–H groups in total. The highest BCUT2D eigenvalue weighted by Gasteiger charge is 2.27. The van der Waals surface area contributed by atoms with Crippen LogP contribution in [0.15, 0.2) is 54.6 Å². The maximum atomic E-state index is 12.7. The van der Waals surface area contributed by atoms with Crippen LogP contribution in [0.2, 0.25) is 0 Å². The number of carboxylic acids is 1. The summed E-state index contributed by atoms with van der Waals surface area (Å²) < 4.78 is 13.2. The van der Waals surface area contributed by atoms with Gasteiger partial charge in [0.1, 0.15) is 11.8 Å². The second-order valence-corrected chi connectivity index (χ2v) is 9.42. The Balaban J connectivity index is 1.41. The number of benzene rings is 2. The van der Waals surface area contributed by atoms with Crippen LogP contribution in [-0.4, -0.2) is 33.1 Å². The second-order valence-electron chi connectivity index (χ2n) is 9.42. The molecule has 8 heteroatoms. The molecule has 1 aliphatic carbocycles. The third kappa shape index (κ3) is 6.73. The van der Waals surface area contributed by atoms with Gasteiger partial charge in [0.25, 0.3) is 0 Å². The molecule has 1 fully saturated rings. The highest BCUT2D eigenvalue weighted by atomic mass is 16.6. The Kier molecular flexibility index (Phi) is 8.05. The highest BCUT2D eigenvalue weighted by molar-refractivity contribution is 5.91. The Bertz CT molecular complexity index is 1190. The van der Waals surface area contributed by atoms with Crippen molar-refractivity contribution in [2.24, 2.45) is 13.0 Å². The number of aromatic nitrogens is 2. The van der Waals surface area contributed by atoms with E-state index in [1.165, 1.54) is 0 Å². The van der Waals surface area contributed by atoms with E-state index in [0.29, 0.717) is 23.9 Å². The fraction of sp³-hybridized carbons (Fsp3) is 0.393. The molecule has 36 heavy (non-hydrogen) atoms. The third-order valence-electron chi connectivity index (χ3n) is 6.52. The number of carbonyl (C=O) groups excluding carboxylic acids is 1. The van der Waals surface area contributed by atoms with Gasteiger partial charge in [-0.15, -0.1) is 0 Å². The number of aryl methyl sites for hydroxylation is 1. The molecule has 2 atom stereocenters. The summed E-state index contributed by atoms with van der Waals surface area (Å²) in [7, 11) is 1.83. The number of carboxylic acid groups (broad SMARTS) is 1. The Hall–Kier alpha value is -3.65. The minimum atomic E-state index is -0.835. The average Bonchev–Trinajstić information content (AvgIpc) is 3.64. The maximum Gasteiger partial charge on any atom is 0.412 e. The molecule has 2 unspecified atom stereocenters. The van der Waals surface area contributed by atoms with Crippen LogP contribution in [0, 0.1) is 12.8 Å². The summed E-state index contributed by atoms with van der Waals surface area (Å²) in [6.45, 7) is 4.07. The van der Waals surface area contributed by atoms with Gasteiger partial charge < -0.3 is 14.6 Å². The van der Waals surface area contributed by atoms with E-state index in [1.807, 2.05) is 75.5 Å². The Morgan fingerprint density at radius 1 is 1.14 bits per heavy atom. The topological polar surface area (TPSA) is 103 Å². The van der Waals surface area contributed by atoms with Crippen LogP contribution in [0.25, 0.3) is 11.3 Å². The zero-order valence-corrected chi connectivity index (χ0v) is 20.9. The normalized spacial score (nSPS) is 14.8. The minimum Gasteiger partial charge on any atom is -0.481 e. The van der Waals surface area contributed by atoms with Crippen molar-refractivity contribution in [3.05, 3.63) is 71.4 Å². The fourth-order valence-corrected chi connectivity index (χ4v) is 4.15. The largest absolute Gasteiger partial charge is 0.481 e. The monoisotopic (exact) mass is 491 g/mol. The number of amides is 1. The van der Waals surface area contributed by atoms with Crippen LogP contribution in [0.3, 0.4) is 0 Å². The van der Waals surface area contributed by atoms with E-state index in [1.54, 1.807) is 4.68 Å². The quantitative estimate of drug-likeness (QED) is 0.348. The van der Waals surface area contributed by atoms with E-state index in [4.69, 9.17) is 14.6 Å². The van der Waals surface area contributed by atoms with Gasteiger partial charge >= 0.3 is 12.1 Å². The van der Waals surface area contributed by atoms with Gasteiger partial charge in [-0.2, -0.15) is 5.10 Å². The SMILES string of the molecule is Cc1c(NC(=O)OC(C)c2ccccc2)c(-c2ccc(COC(CC(=O)O)CC3CC3)cc2)nn1C. The van der Waals surface area contributed by atoms with Crippen LogP contribution in [0.5, 0.6) is 0 Å². The lowest BCUT2D eigenvalue weighted by molar-refractivity contribution is -0.140. The Morgan fingerprint density at radius 2 is 1.83 bits per heavy atom. The van der Waals surface area contributed by atoms with Gasteiger partial charge in [-0.25, -0.2) is 4.79 Å². The lowest BCUT2D eigenvalue weighted by atomic mass is 10.1. The number of ether oxygens (including phenoxy) is 2. The lowest BCUT2D eigenvalue weighted by Gasteiger charge is -2.16. The predicted molar refractivity (Wildman–Crippen MR) is 137 cm³/mol. The number of hydrogen-bond acceptors (Lipinski definition) is 5. The van der Waals surface area contributed by atoms with Gasteiger partial charge in [0.2, 0.25) is 0 Å². The van der Waals surface area contributed by atoms with Gasteiger partial charge in [-0.1, -0.05) is 67.4 Å². The van der Waals surface area contributed by atoms with Crippen molar-refractivity contribution in [3.63, 3.8) is 0 Å². The summed E-state index contributed by atoms with van der Waals surface area (Å²) >= 11 is 0. The molecule has 0 aliphatic heterocycles. The molecule has 1 aromatic heterocycles. The second kappa shape index (κ2) is 11.4. The van der Waals surface area contributed by atoms with Crippen molar-refractivity contribution in [1.82, 2.24) is 9.78 Å². The lowest BCUT2D eigenvalue weighted by Crippen LogP contribution is -2.18. The number of aliphatic carboxylic acids is 1. The molecule has 8 nitrogen and oxygen atoms in total. The van der Waals surface area contributed by atoms with Gasteiger partial charge in [0.05, 0.1) is 30.5 Å². The molecule has 1 amide bonds. The van der Waals surface area contributed by atoms with E-state index in [-0.39, 0.29) is 12.5 Å². The van der Waals surface area contributed by atoms with Gasteiger partial charge in [-0.05, 0) is 37.3 Å². The summed E-state index contributed by atoms with van der Waals surface area (Å²) in [5, 5.41) is 16.6. The third-order valence-corrected chi connectivity index (χ3v) is 6.52. The first kappa shape index (κ1) is 25.4. The summed E-state index contributed by atoms with van der Waals surface area (Å²) in [4.78, 5) is 23.8. The Labute approximate surface area is 211 Å². The molecular formula is C28H33N3O5. The van der Waals surface area contributed by atoms with Gasteiger partial charge in [-0.3, -0.25) is 14.8 Å². The summed E-state index contributed by atoms with van der Waals surface area (Å²) in [6.07, 6.45) is 1.93. The van der Waals surface area contributed by atoms with Crippen molar-refractivity contribution in [2.45, 2.75) is 58.3 Å². The summed E-state index contributed by atoms with van der Waals surface area (Å²) in [6, 6.07) is 17.3. The number of rotatable bonds is 11. The number of nitrogens with zero attached hydrogens (tertiary/aromatic N) is 2. The van der Waals surface area contributed by atoms with Crippen LogP contribution in [0.1, 0.15) is 55.5 Å². The van der Waals surface area contributed by atoms with Crippen LogP contribution in [0.4, 0.5) is 10.5 Å². The highest BCUT2D eigenvalue weighted by Crippen LogP contribution is 2.35. The molecule has 0 spiro atoms. The molecule has 1 aliphatic rings. The molecule has 0 bridgehead atoms. The molecule has 190 valence electrons. The van der Waals surface area contributed by atoms with Crippen molar-refractivity contribution in [3.8, 4) is 11.3 Å². The number of anilines is 1. The fourth-order valence-electron chi connectivity index (χ4n) is 4.15. The van der Waals surface area contributed by atoms with Gasteiger partial charge in [0, 0.05) is 12.6 Å². The van der Waals surface area contributed by atoms with E-state index < -0.39 is 18.2 Å². The van der Waals surface area contributed by atoms with Crippen LogP contribution < -0.4 is 5.32 Å². The summed E-state index contributed by atoms with van der Waals surface area (Å²) in [5.41, 5.74) is 4.74. The zero-order chi connectivity index (χ0) is 25.7. The molecule has 3 aromatic rings. The molecule has 4 rings (SSSR count). The van der Waals surface area contributed by atoms with Crippen molar-refractivity contribution in [2.75, 3.05) is 5.32 Å². The number of nitrogens with one attached hydrogen (secondary N) is 1. The Morgan fingerprint density at radius 3 is 2.47 bits per heavy atom. The zero-order valence-electron chi connectivity index (χ0n) is 20.9. The first-order valence-corrected chi connectivity index (χ1v) is 12.3. The van der Waals surface area contributed by atoms with E-state index >= 15 is 0 Å². The molecule has 2 aromatic carbocycles. The van der Waals surface area contributed by atoms with Crippen molar-refractivity contribution < 1.29 is 24.2 Å².